The molecule has 1 N–H and O–H groups in total. The summed E-state index contributed by atoms with van der Waals surface area (Å²) in [6, 6.07) is 6.04. The largest absolute Gasteiger partial charge is 0.487 e. The average molecular weight is 302 g/mol. The smallest absolute Gasteiger partial charge is 0.416 e. The lowest BCUT2D eigenvalue weighted by atomic mass is 10.1. The zero-order valence-corrected chi connectivity index (χ0v) is 10.8. The number of halogens is 3. The van der Waals surface area contributed by atoms with E-state index in [-0.39, 0.29) is 17.2 Å². The second-order valence-electron chi connectivity index (χ2n) is 3.90. The first-order chi connectivity index (χ1) is 9.38. The Labute approximate surface area is 116 Å². The van der Waals surface area contributed by atoms with E-state index < -0.39 is 17.7 Å². The number of aromatic carboxylic acids is 1. The quantitative estimate of drug-likeness (QED) is 0.927. The molecule has 1 aromatic heterocycles. The molecule has 0 aliphatic rings. The zero-order valence-electron chi connectivity index (χ0n) is 9.98. The number of carboxylic acid groups (broad SMARTS) is 1. The normalized spacial score (nSPS) is 11.3. The van der Waals surface area contributed by atoms with E-state index >= 15 is 0 Å². The summed E-state index contributed by atoms with van der Waals surface area (Å²) in [5.74, 6) is -0.884. The van der Waals surface area contributed by atoms with Crippen LogP contribution in [0.5, 0.6) is 5.75 Å². The monoisotopic (exact) mass is 302 g/mol. The van der Waals surface area contributed by atoms with E-state index in [1.807, 2.05) is 0 Å². The summed E-state index contributed by atoms with van der Waals surface area (Å²) in [5.41, 5.74) is -0.205. The molecule has 0 aliphatic carbocycles. The van der Waals surface area contributed by atoms with Crippen molar-refractivity contribution in [2.75, 3.05) is 0 Å². The van der Waals surface area contributed by atoms with Gasteiger partial charge in [-0.15, -0.1) is 11.3 Å². The van der Waals surface area contributed by atoms with Crippen molar-refractivity contribution >= 4 is 17.3 Å². The summed E-state index contributed by atoms with van der Waals surface area (Å²) in [6.07, 6.45) is -4.37. The molecule has 0 amide bonds. The van der Waals surface area contributed by atoms with E-state index in [0.29, 0.717) is 5.56 Å². The maximum absolute atomic E-state index is 12.4. The summed E-state index contributed by atoms with van der Waals surface area (Å²) >= 11 is 1.03. The molecule has 0 unspecified atom stereocenters. The highest BCUT2D eigenvalue weighted by atomic mass is 32.1. The minimum Gasteiger partial charge on any atom is -0.487 e. The van der Waals surface area contributed by atoms with Gasteiger partial charge in [0.15, 0.2) is 4.88 Å². The van der Waals surface area contributed by atoms with Crippen LogP contribution in [0.25, 0.3) is 0 Å². The van der Waals surface area contributed by atoms with Crippen LogP contribution in [-0.2, 0) is 12.8 Å². The van der Waals surface area contributed by atoms with Gasteiger partial charge in [0.2, 0.25) is 0 Å². The number of thiophene rings is 1. The first-order valence-electron chi connectivity index (χ1n) is 5.47. The minimum absolute atomic E-state index is 0.00908. The number of rotatable bonds is 4. The average Bonchev–Trinajstić information content (AvgIpc) is 2.84. The Hall–Kier alpha value is -2.02. The summed E-state index contributed by atoms with van der Waals surface area (Å²) in [7, 11) is 0. The SMILES string of the molecule is O=C(O)c1sccc1OCc1ccc(C(F)(F)F)cc1. The third-order valence-electron chi connectivity index (χ3n) is 2.50. The fraction of sp³-hybridized carbons (Fsp3) is 0.154. The highest BCUT2D eigenvalue weighted by molar-refractivity contribution is 7.12. The molecule has 2 rings (SSSR count). The van der Waals surface area contributed by atoms with Crippen molar-refractivity contribution in [2.24, 2.45) is 0 Å². The van der Waals surface area contributed by atoms with Gasteiger partial charge in [0, 0.05) is 0 Å². The van der Waals surface area contributed by atoms with Crippen LogP contribution >= 0.6 is 11.3 Å². The molecule has 1 aromatic carbocycles. The Bertz CT molecular complexity index is 602. The van der Waals surface area contributed by atoms with Crippen molar-refractivity contribution in [1.82, 2.24) is 0 Å². The van der Waals surface area contributed by atoms with E-state index in [1.165, 1.54) is 18.2 Å². The summed E-state index contributed by atoms with van der Waals surface area (Å²) in [4.78, 5) is 10.9. The first kappa shape index (κ1) is 14.4. The third-order valence-corrected chi connectivity index (χ3v) is 3.38. The molecular formula is C13H9F3O3S. The lowest BCUT2D eigenvalue weighted by Gasteiger charge is -2.08. The fourth-order valence-corrected chi connectivity index (χ4v) is 2.19. The van der Waals surface area contributed by atoms with Gasteiger partial charge in [0.1, 0.15) is 12.4 Å². The van der Waals surface area contributed by atoms with Crippen molar-refractivity contribution in [2.45, 2.75) is 12.8 Å². The van der Waals surface area contributed by atoms with E-state index in [1.54, 1.807) is 5.38 Å². The van der Waals surface area contributed by atoms with E-state index in [9.17, 15) is 18.0 Å². The molecule has 0 atom stereocenters. The van der Waals surface area contributed by atoms with Gasteiger partial charge in [-0.05, 0) is 29.1 Å². The molecule has 7 heteroatoms. The number of hydrogen-bond acceptors (Lipinski definition) is 3. The third kappa shape index (κ3) is 3.30. The summed E-state index contributed by atoms with van der Waals surface area (Å²) in [5, 5.41) is 10.5. The molecule has 0 saturated heterocycles. The van der Waals surface area contributed by atoms with Crippen LogP contribution in [0.15, 0.2) is 35.7 Å². The Morgan fingerprint density at radius 3 is 2.40 bits per heavy atom. The molecule has 1 heterocycles. The molecule has 20 heavy (non-hydrogen) atoms. The van der Waals surface area contributed by atoms with Crippen LogP contribution in [0.1, 0.15) is 20.8 Å². The number of carbonyl (C=O) groups is 1. The highest BCUT2D eigenvalue weighted by Crippen LogP contribution is 2.29. The Balaban J connectivity index is 2.04. The molecule has 0 saturated carbocycles. The Morgan fingerprint density at radius 2 is 1.85 bits per heavy atom. The topological polar surface area (TPSA) is 46.5 Å². The summed E-state index contributed by atoms with van der Waals surface area (Å²) in [6.45, 7) is 0.00908. The van der Waals surface area contributed by atoms with Crippen LogP contribution in [0.4, 0.5) is 13.2 Å². The second-order valence-corrected chi connectivity index (χ2v) is 4.82. The molecule has 0 radical (unpaired) electrons. The Kier molecular flexibility index (Phi) is 3.99. The molecule has 106 valence electrons. The number of ether oxygens (including phenoxy) is 1. The van der Waals surface area contributed by atoms with Crippen molar-refractivity contribution in [3.63, 3.8) is 0 Å². The zero-order chi connectivity index (χ0) is 14.8. The van der Waals surface area contributed by atoms with Crippen LogP contribution in [0.2, 0.25) is 0 Å². The van der Waals surface area contributed by atoms with Gasteiger partial charge in [0.05, 0.1) is 5.56 Å². The predicted molar refractivity (Wildman–Crippen MR) is 67.1 cm³/mol. The van der Waals surface area contributed by atoms with E-state index in [2.05, 4.69) is 0 Å². The van der Waals surface area contributed by atoms with Crippen molar-refractivity contribution in [3.05, 3.63) is 51.7 Å². The van der Waals surface area contributed by atoms with Gasteiger partial charge >= 0.3 is 12.1 Å². The molecule has 0 fully saturated rings. The lowest BCUT2D eigenvalue weighted by Crippen LogP contribution is -2.05. The maximum atomic E-state index is 12.4. The highest BCUT2D eigenvalue weighted by Gasteiger charge is 2.29. The van der Waals surface area contributed by atoms with Crippen LogP contribution in [0, 0.1) is 0 Å². The molecule has 0 bridgehead atoms. The standard InChI is InChI=1S/C13H9F3O3S/c14-13(15,16)9-3-1-8(2-4-9)7-19-10-5-6-20-11(10)12(17)18/h1-6H,7H2,(H,17,18). The maximum Gasteiger partial charge on any atom is 0.416 e. The number of alkyl halides is 3. The minimum atomic E-state index is -4.37. The van der Waals surface area contributed by atoms with Crippen LogP contribution < -0.4 is 4.74 Å². The van der Waals surface area contributed by atoms with Gasteiger partial charge in [-0.2, -0.15) is 13.2 Å². The lowest BCUT2D eigenvalue weighted by molar-refractivity contribution is -0.137. The Morgan fingerprint density at radius 1 is 1.20 bits per heavy atom. The van der Waals surface area contributed by atoms with Crippen molar-refractivity contribution in [3.8, 4) is 5.75 Å². The molecule has 0 spiro atoms. The van der Waals surface area contributed by atoms with E-state index in [0.717, 1.165) is 23.5 Å². The fourth-order valence-electron chi connectivity index (χ4n) is 1.52. The first-order valence-corrected chi connectivity index (χ1v) is 6.35. The summed E-state index contributed by atoms with van der Waals surface area (Å²) < 4.78 is 42.4. The van der Waals surface area contributed by atoms with Gasteiger partial charge in [0.25, 0.3) is 0 Å². The van der Waals surface area contributed by atoms with Gasteiger partial charge in [-0.1, -0.05) is 12.1 Å². The second kappa shape index (κ2) is 5.54. The van der Waals surface area contributed by atoms with Crippen LogP contribution in [-0.4, -0.2) is 11.1 Å². The number of benzene rings is 1. The number of hydrogen-bond donors (Lipinski definition) is 1. The van der Waals surface area contributed by atoms with Crippen molar-refractivity contribution < 1.29 is 27.8 Å². The molecule has 3 nitrogen and oxygen atoms in total. The van der Waals surface area contributed by atoms with Gasteiger partial charge in [-0.25, -0.2) is 4.79 Å². The predicted octanol–water partition coefficient (Wildman–Crippen LogP) is 4.04. The molecular weight excluding hydrogens is 293 g/mol. The van der Waals surface area contributed by atoms with Crippen molar-refractivity contribution in [1.29, 1.82) is 0 Å². The molecule has 2 aromatic rings. The number of carboxylic acids is 1. The molecule has 0 aliphatic heterocycles. The van der Waals surface area contributed by atoms with Gasteiger partial charge < -0.3 is 9.84 Å². The van der Waals surface area contributed by atoms with Crippen LogP contribution in [0.3, 0.4) is 0 Å². The van der Waals surface area contributed by atoms with Gasteiger partial charge in [-0.3, -0.25) is 0 Å². The van der Waals surface area contributed by atoms with E-state index in [4.69, 9.17) is 9.84 Å².